The molecule has 6 nitrogen and oxygen atoms in total. The van der Waals surface area contributed by atoms with Crippen LogP contribution in [0.15, 0.2) is 24.3 Å². The molecule has 138 valence electrons. The maximum Gasteiger partial charge on any atom is 0.243 e. The number of unbranched alkanes of at least 4 members (excludes halogenated alkanes) is 3. The van der Waals surface area contributed by atoms with E-state index in [-0.39, 0.29) is 11.8 Å². The van der Waals surface area contributed by atoms with Crippen molar-refractivity contribution < 1.29 is 14.8 Å². The Bertz CT molecular complexity index is 557. The van der Waals surface area contributed by atoms with Crippen molar-refractivity contribution in [3.8, 4) is 0 Å². The Kier molecular flexibility index (Phi) is 8.01. The number of nitrogens with zero attached hydrogens (tertiary/aromatic N) is 2. The molecule has 0 radical (unpaired) electrons. The van der Waals surface area contributed by atoms with E-state index in [4.69, 9.17) is 16.8 Å². The zero-order valence-electron chi connectivity index (χ0n) is 14.4. The molecule has 0 unspecified atom stereocenters. The Morgan fingerprint density at radius 3 is 2.16 bits per heavy atom. The lowest BCUT2D eigenvalue weighted by Gasteiger charge is -2.36. The summed E-state index contributed by atoms with van der Waals surface area (Å²) in [6, 6.07) is 7.80. The lowest BCUT2D eigenvalue weighted by atomic mass is 10.1. The molecule has 0 saturated carbocycles. The minimum atomic E-state index is -0.352. The van der Waals surface area contributed by atoms with Crippen molar-refractivity contribution in [2.75, 3.05) is 31.1 Å². The largest absolute Gasteiger partial charge is 0.368 e. The van der Waals surface area contributed by atoms with E-state index in [9.17, 15) is 9.59 Å². The number of piperazine rings is 1. The molecule has 1 aromatic rings. The number of hydroxylamine groups is 1. The summed E-state index contributed by atoms with van der Waals surface area (Å²) in [6.45, 7) is 3.17. The molecular weight excluding hydrogens is 342 g/mol. The summed E-state index contributed by atoms with van der Waals surface area (Å²) in [4.78, 5) is 27.3. The van der Waals surface area contributed by atoms with Gasteiger partial charge >= 0.3 is 0 Å². The monoisotopic (exact) mass is 367 g/mol. The van der Waals surface area contributed by atoms with Crippen LogP contribution in [0, 0.1) is 0 Å². The molecule has 0 aromatic heterocycles. The molecule has 0 bridgehead atoms. The van der Waals surface area contributed by atoms with Crippen molar-refractivity contribution in [3.63, 3.8) is 0 Å². The summed E-state index contributed by atoms with van der Waals surface area (Å²) in [7, 11) is 0. The molecular formula is C18H26ClN3O3. The summed E-state index contributed by atoms with van der Waals surface area (Å²) in [6.07, 6.45) is 4.29. The maximum absolute atomic E-state index is 12.3. The molecule has 1 saturated heterocycles. The van der Waals surface area contributed by atoms with E-state index in [0.717, 1.165) is 62.6 Å². The number of nitrogens with one attached hydrogen (secondary N) is 1. The van der Waals surface area contributed by atoms with Gasteiger partial charge in [0.05, 0.1) is 0 Å². The van der Waals surface area contributed by atoms with Crippen LogP contribution in [0.4, 0.5) is 5.69 Å². The van der Waals surface area contributed by atoms with Crippen molar-refractivity contribution >= 4 is 29.1 Å². The normalized spacial score (nSPS) is 14.5. The van der Waals surface area contributed by atoms with Crippen LogP contribution in [-0.2, 0) is 9.59 Å². The minimum absolute atomic E-state index is 0.212. The molecule has 25 heavy (non-hydrogen) atoms. The van der Waals surface area contributed by atoms with E-state index in [1.807, 2.05) is 29.2 Å². The fraction of sp³-hybridized carbons (Fsp3) is 0.556. The molecule has 1 heterocycles. The highest BCUT2D eigenvalue weighted by atomic mass is 35.5. The number of amides is 2. The first-order valence-corrected chi connectivity index (χ1v) is 9.19. The van der Waals surface area contributed by atoms with Crippen LogP contribution in [0.5, 0.6) is 0 Å². The number of hydrogen-bond donors (Lipinski definition) is 2. The molecule has 2 amide bonds. The average Bonchev–Trinajstić information content (AvgIpc) is 2.65. The molecule has 1 fully saturated rings. The quantitative estimate of drug-likeness (QED) is 0.421. The number of rotatable bonds is 8. The van der Waals surface area contributed by atoms with Gasteiger partial charge in [0.15, 0.2) is 0 Å². The maximum atomic E-state index is 12.3. The summed E-state index contributed by atoms with van der Waals surface area (Å²) in [5.41, 5.74) is 2.77. The Labute approximate surface area is 153 Å². The third-order valence-electron chi connectivity index (χ3n) is 4.49. The van der Waals surface area contributed by atoms with E-state index < -0.39 is 0 Å². The van der Waals surface area contributed by atoms with Crippen LogP contribution >= 0.6 is 11.6 Å². The van der Waals surface area contributed by atoms with E-state index in [1.165, 1.54) is 0 Å². The number of carbonyl (C=O) groups is 2. The standard InChI is InChI=1S/C18H26ClN3O3/c19-15-7-9-16(10-8-15)21-11-13-22(14-12-21)18(24)6-4-2-1-3-5-17(23)20-25/h7-10,25H,1-6,11-14H2,(H,20,23). The van der Waals surface area contributed by atoms with Gasteiger partial charge in [-0.3, -0.25) is 14.8 Å². The first-order valence-electron chi connectivity index (χ1n) is 8.81. The molecule has 1 aromatic carbocycles. The zero-order valence-corrected chi connectivity index (χ0v) is 15.2. The molecule has 1 aliphatic heterocycles. The van der Waals surface area contributed by atoms with Crippen LogP contribution in [0.2, 0.25) is 5.02 Å². The Morgan fingerprint density at radius 2 is 1.56 bits per heavy atom. The van der Waals surface area contributed by atoms with Crippen LogP contribution in [0.3, 0.4) is 0 Å². The Hall–Kier alpha value is -1.79. The van der Waals surface area contributed by atoms with Gasteiger partial charge in [-0.15, -0.1) is 0 Å². The third-order valence-corrected chi connectivity index (χ3v) is 4.75. The third kappa shape index (κ3) is 6.55. The van der Waals surface area contributed by atoms with Gasteiger partial charge in [0.25, 0.3) is 0 Å². The highest BCUT2D eigenvalue weighted by Gasteiger charge is 2.20. The van der Waals surface area contributed by atoms with Crippen molar-refractivity contribution in [1.29, 1.82) is 0 Å². The molecule has 2 rings (SSSR count). The first-order chi connectivity index (χ1) is 12.1. The Morgan fingerprint density at radius 1 is 0.960 bits per heavy atom. The van der Waals surface area contributed by atoms with Crippen LogP contribution in [0.1, 0.15) is 38.5 Å². The second kappa shape index (κ2) is 10.3. The molecule has 2 N–H and O–H groups in total. The van der Waals surface area contributed by atoms with Crippen LogP contribution in [-0.4, -0.2) is 48.1 Å². The van der Waals surface area contributed by atoms with Crippen molar-refractivity contribution in [2.24, 2.45) is 0 Å². The molecule has 1 aliphatic rings. The second-order valence-corrected chi connectivity index (χ2v) is 6.73. The summed E-state index contributed by atoms with van der Waals surface area (Å²) < 4.78 is 0. The van der Waals surface area contributed by atoms with Gasteiger partial charge in [-0.2, -0.15) is 0 Å². The highest BCUT2D eigenvalue weighted by Crippen LogP contribution is 2.19. The molecule has 7 heteroatoms. The minimum Gasteiger partial charge on any atom is -0.368 e. The number of halogens is 1. The van der Waals surface area contributed by atoms with E-state index in [2.05, 4.69) is 4.90 Å². The topological polar surface area (TPSA) is 72.9 Å². The highest BCUT2D eigenvalue weighted by molar-refractivity contribution is 6.30. The number of hydrogen-bond acceptors (Lipinski definition) is 4. The van der Waals surface area contributed by atoms with Gasteiger partial charge in [-0.1, -0.05) is 24.4 Å². The molecule has 0 spiro atoms. The predicted octanol–water partition coefficient (Wildman–Crippen LogP) is 2.83. The average molecular weight is 368 g/mol. The second-order valence-electron chi connectivity index (χ2n) is 6.29. The summed E-state index contributed by atoms with van der Waals surface area (Å²) in [5.74, 6) is -0.140. The number of benzene rings is 1. The van der Waals surface area contributed by atoms with Gasteiger partial charge in [0.2, 0.25) is 11.8 Å². The van der Waals surface area contributed by atoms with E-state index in [1.54, 1.807) is 5.48 Å². The van der Waals surface area contributed by atoms with Crippen LogP contribution in [0.25, 0.3) is 0 Å². The fourth-order valence-corrected chi connectivity index (χ4v) is 3.12. The van der Waals surface area contributed by atoms with Gasteiger partial charge in [0.1, 0.15) is 0 Å². The lowest BCUT2D eigenvalue weighted by Crippen LogP contribution is -2.48. The van der Waals surface area contributed by atoms with Gasteiger partial charge < -0.3 is 9.80 Å². The summed E-state index contributed by atoms with van der Waals surface area (Å²) >= 11 is 5.92. The SMILES string of the molecule is O=C(CCCCCCC(=O)N1CCN(c2ccc(Cl)cc2)CC1)NO. The lowest BCUT2D eigenvalue weighted by molar-refractivity contribution is -0.132. The fourth-order valence-electron chi connectivity index (χ4n) is 3.00. The van der Waals surface area contributed by atoms with Gasteiger partial charge in [-0.05, 0) is 37.1 Å². The van der Waals surface area contributed by atoms with Crippen molar-refractivity contribution in [3.05, 3.63) is 29.3 Å². The first kappa shape index (κ1) is 19.5. The Balaban J connectivity index is 1.61. The number of carbonyl (C=O) groups excluding carboxylic acids is 2. The van der Waals surface area contributed by atoms with Crippen molar-refractivity contribution in [2.45, 2.75) is 38.5 Å². The van der Waals surface area contributed by atoms with Crippen LogP contribution < -0.4 is 10.4 Å². The number of anilines is 1. The smallest absolute Gasteiger partial charge is 0.243 e. The van der Waals surface area contributed by atoms with Gasteiger partial charge in [0, 0.05) is 49.7 Å². The summed E-state index contributed by atoms with van der Waals surface area (Å²) in [5, 5.41) is 9.13. The zero-order chi connectivity index (χ0) is 18.1. The van der Waals surface area contributed by atoms with Crippen molar-refractivity contribution in [1.82, 2.24) is 10.4 Å². The molecule has 0 atom stereocenters. The van der Waals surface area contributed by atoms with Gasteiger partial charge in [-0.25, -0.2) is 5.48 Å². The van der Waals surface area contributed by atoms with E-state index in [0.29, 0.717) is 12.8 Å². The predicted molar refractivity (Wildman–Crippen MR) is 97.9 cm³/mol. The molecule has 0 aliphatic carbocycles. The van der Waals surface area contributed by atoms with E-state index >= 15 is 0 Å².